The number of benzene rings is 1. The Balaban J connectivity index is 1.76. The lowest BCUT2D eigenvalue weighted by Crippen LogP contribution is -2.25. The van der Waals surface area contributed by atoms with E-state index in [-0.39, 0.29) is 6.04 Å². The molecule has 4 rings (SSSR count). The minimum Gasteiger partial charge on any atom is -0.345 e. The Morgan fingerprint density at radius 3 is 2.73 bits per heavy atom. The summed E-state index contributed by atoms with van der Waals surface area (Å²) in [6, 6.07) is 13.7. The van der Waals surface area contributed by atoms with Crippen molar-refractivity contribution in [3.8, 4) is 0 Å². The van der Waals surface area contributed by atoms with Crippen LogP contribution in [0.2, 0.25) is 0 Å². The van der Waals surface area contributed by atoms with Crippen LogP contribution in [0.1, 0.15) is 18.0 Å². The quantitative estimate of drug-likeness (QED) is 0.703. The molecule has 0 spiro atoms. The fraction of sp³-hybridized carbons (Fsp3) is 0.267. The van der Waals surface area contributed by atoms with Gasteiger partial charge in [-0.15, -0.1) is 15.3 Å². The van der Waals surface area contributed by atoms with Crippen LogP contribution in [-0.4, -0.2) is 32.5 Å². The Labute approximate surface area is 134 Å². The van der Waals surface area contributed by atoms with Crippen LogP contribution in [0.3, 0.4) is 0 Å². The molecule has 2 aromatic heterocycles. The minimum absolute atomic E-state index is 0.00333. The number of alkyl halides is 1. The van der Waals surface area contributed by atoms with Crippen LogP contribution in [0.4, 0.5) is 10.2 Å². The number of aromatic nitrogens is 4. The third-order valence-electron chi connectivity index (χ3n) is 3.94. The van der Waals surface area contributed by atoms with Gasteiger partial charge in [0.1, 0.15) is 12.0 Å². The number of hydrogen-bond donors (Lipinski definition) is 0. The van der Waals surface area contributed by atoms with Crippen LogP contribution in [0.15, 0.2) is 47.2 Å². The SMILES string of the molecule is FC1CC(c2ccccc2)N(c2ccc3nnc(Br)n3n2)C1. The lowest BCUT2D eigenvalue weighted by molar-refractivity contribution is 0.357. The standard InChI is InChI=1S/C15H13BrFN5/c16-15-19-18-13-6-7-14(20-22(13)15)21-9-11(17)8-12(21)10-4-2-1-3-5-10/h1-7,11-12H,8-9H2. The Morgan fingerprint density at radius 2 is 1.91 bits per heavy atom. The van der Waals surface area contributed by atoms with Gasteiger partial charge in [-0.2, -0.15) is 4.52 Å². The maximum absolute atomic E-state index is 14.0. The van der Waals surface area contributed by atoms with Crippen molar-refractivity contribution in [1.82, 2.24) is 19.8 Å². The van der Waals surface area contributed by atoms with E-state index in [1.165, 1.54) is 0 Å². The molecule has 0 bridgehead atoms. The molecule has 0 aliphatic carbocycles. The van der Waals surface area contributed by atoms with E-state index in [1.807, 2.05) is 47.4 Å². The topological polar surface area (TPSA) is 46.3 Å². The van der Waals surface area contributed by atoms with E-state index in [4.69, 9.17) is 0 Å². The molecular weight excluding hydrogens is 349 g/mol. The summed E-state index contributed by atoms with van der Waals surface area (Å²) in [7, 11) is 0. The highest BCUT2D eigenvalue weighted by Crippen LogP contribution is 2.36. The molecule has 0 amide bonds. The Kier molecular flexibility index (Phi) is 3.29. The molecule has 22 heavy (non-hydrogen) atoms. The molecule has 2 unspecified atom stereocenters. The molecule has 0 N–H and O–H groups in total. The predicted octanol–water partition coefficient (Wildman–Crippen LogP) is 3.18. The first kappa shape index (κ1) is 13.6. The van der Waals surface area contributed by atoms with Gasteiger partial charge in [-0.3, -0.25) is 0 Å². The average Bonchev–Trinajstić information content (AvgIpc) is 3.11. The summed E-state index contributed by atoms with van der Waals surface area (Å²) in [6.45, 7) is 0.345. The molecule has 0 saturated carbocycles. The molecule has 2 atom stereocenters. The van der Waals surface area contributed by atoms with Crippen molar-refractivity contribution in [3.63, 3.8) is 0 Å². The largest absolute Gasteiger partial charge is 0.345 e. The van der Waals surface area contributed by atoms with Crippen LogP contribution in [0.25, 0.3) is 5.65 Å². The average molecular weight is 362 g/mol. The van der Waals surface area contributed by atoms with Gasteiger partial charge in [-0.1, -0.05) is 30.3 Å². The lowest BCUT2D eigenvalue weighted by atomic mass is 10.0. The lowest BCUT2D eigenvalue weighted by Gasteiger charge is -2.25. The van der Waals surface area contributed by atoms with E-state index in [2.05, 4.69) is 31.2 Å². The van der Waals surface area contributed by atoms with Crippen LogP contribution in [0, 0.1) is 0 Å². The summed E-state index contributed by atoms with van der Waals surface area (Å²) in [5.74, 6) is 0.724. The van der Waals surface area contributed by atoms with E-state index in [9.17, 15) is 4.39 Å². The molecule has 0 radical (unpaired) electrons. The van der Waals surface area contributed by atoms with Gasteiger partial charge in [0.15, 0.2) is 5.65 Å². The molecule has 3 heterocycles. The third-order valence-corrected chi connectivity index (χ3v) is 4.43. The molecule has 5 nitrogen and oxygen atoms in total. The minimum atomic E-state index is -0.855. The van der Waals surface area contributed by atoms with Crippen molar-refractivity contribution in [3.05, 3.63) is 52.8 Å². The molecule has 3 aromatic rings. The second-order valence-electron chi connectivity index (χ2n) is 5.34. The van der Waals surface area contributed by atoms with Crippen LogP contribution < -0.4 is 4.90 Å². The van der Waals surface area contributed by atoms with Crippen LogP contribution in [-0.2, 0) is 0 Å². The van der Waals surface area contributed by atoms with Gasteiger partial charge in [0.2, 0.25) is 4.73 Å². The highest BCUT2D eigenvalue weighted by molar-refractivity contribution is 9.10. The van der Waals surface area contributed by atoms with E-state index in [0.29, 0.717) is 23.3 Å². The summed E-state index contributed by atoms with van der Waals surface area (Å²) in [6.07, 6.45) is -0.375. The molecule has 1 fully saturated rings. The molecule has 1 saturated heterocycles. The van der Waals surface area contributed by atoms with Gasteiger partial charge in [0, 0.05) is 6.42 Å². The zero-order valence-electron chi connectivity index (χ0n) is 11.6. The van der Waals surface area contributed by atoms with Gasteiger partial charge in [-0.25, -0.2) is 4.39 Å². The first-order valence-corrected chi connectivity index (χ1v) is 7.85. The molecule has 112 valence electrons. The number of fused-ring (bicyclic) bond motifs is 1. The fourth-order valence-electron chi connectivity index (χ4n) is 2.94. The van der Waals surface area contributed by atoms with Crippen molar-refractivity contribution < 1.29 is 4.39 Å². The second-order valence-corrected chi connectivity index (χ2v) is 6.05. The molecule has 1 aliphatic rings. The highest BCUT2D eigenvalue weighted by atomic mass is 79.9. The zero-order valence-corrected chi connectivity index (χ0v) is 13.2. The van der Waals surface area contributed by atoms with Gasteiger partial charge in [0.25, 0.3) is 0 Å². The van der Waals surface area contributed by atoms with Crippen molar-refractivity contribution in [1.29, 1.82) is 0 Å². The fourth-order valence-corrected chi connectivity index (χ4v) is 3.28. The van der Waals surface area contributed by atoms with Crippen molar-refractivity contribution in [2.75, 3.05) is 11.4 Å². The molecule has 7 heteroatoms. The number of nitrogens with zero attached hydrogens (tertiary/aromatic N) is 5. The van der Waals surface area contributed by atoms with Crippen molar-refractivity contribution >= 4 is 27.4 Å². The second kappa shape index (κ2) is 5.31. The van der Waals surface area contributed by atoms with Gasteiger partial charge >= 0.3 is 0 Å². The van der Waals surface area contributed by atoms with Gasteiger partial charge in [0.05, 0.1) is 12.6 Å². The third kappa shape index (κ3) is 2.25. The maximum Gasteiger partial charge on any atom is 0.221 e. The Morgan fingerprint density at radius 1 is 1.09 bits per heavy atom. The van der Waals surface area contributed by atoms with Crippen LogP contribution >= 0.6 is 15.9 Å². The molecule has 1 aromatic carbocycles. The van der Waals surface area contributed by atoms with Crippen molar-refractivity contribution in [2.45, 2.75) is 18.6 Å². The Hall–Kier alpha value is -2.02. The van der Waals surface area contributed by atoms with E-state index < -0.39 is 6.17 Å². The summed E-state index contributed by atoms with van der Waals surface area (Å²) >= 11 is 3.32. The van der Waals surface area contributed by atoms with Crippen LogP contribution in [0.5, 0.6) is 0 Å². The first-order valence-electron chi connectivity index (χ1n) is 7.06. The molecular formula is C15H13BrFN5. The zero-order chi connectivity index (χ0) is 15.1. The van der Waals surface area contributed by atoms with Crippen molar-refractivity contribution in [2.24, 2.45) is 0 Å². The monoisotopic (exact) mass is 361 g/mol. The maximum atomic E-state index is 14.0. The Bertz CT molecular complexity index is 806. The number of hydrogen-bond acceptors (Lipinski definition) is 4. The summed E-state index contributed by atoms with van der Waals surface area (Å²) in [5.41, 5.74) is 1.76. The smallest absolute Gasteiger partial charge is 0.221 e. The summed E-state index contributed by atoms with van der Waals surface area (Å²) in [4.78, 5) is 2.01. The van der Waals surface area contributed by atoms with E-state index in [1.54, 1.807) is 4.52 Å². The molecule has 1 aliphatic heterocycles. The first-order chi connectivity index (χ1) is 10.7. The van der Waals surface area contributed by atoms with Gasteiger partial charge in [-0.05, 0) is 33.6 Å². The summed E-state index contributed by atoms with van der Waals surface area (Å²) in [5, 5.41) is 12.5. The summed E-state index contributed by atoms with van der Waals surface area (Å²) < 4.78 is 16.2. The normalized spacial score (nSPS) is 21.6. The predicted molar refractivity (Wildman–Crippen MR) is 84.5 cm³/mol. The number of halogens is 2. The number of rotatable bonds is 2. The van der Waals surface area contributed by atoms with E-state index in [0.717, 1.165) is 11.4 Å². The van der Waals surface area contributed by atoms with Gasteiger partial charge < -0.3 is 4.90 Å². The highest BCUT2D eigenvalue weighted by Gasteiger charge is 2.34. The number of anilines is 1. The van der Waals surface area contributed by atoms with E-state index >= 15 is 0 Å².